The quantitative estimate of drug-likeness (QED) is 0.532. The number of carbonyl (C=O) groups is 2. The molecule has 3 rings (SSSR count). The van der Waals surface area contributed by atoms with Crippen LogP contribution < -0.4 is 5.32 Å². The predicted octanol–water partition coefficient (Wildman–Crippen LogP) is 3.59. The first kappa shape index (κ1) is 19.9. The topological polar surface area (TPSA) is 58.6 Å². The Hall–Kier alpha value is -1.88. The Morgan fingerprint density at radius 1 is 1.19 bits per heavy atom. The van der Waals surface area contributed by atoms with Crippen LogP contribution in [0.1, 0.15) is 52.0 Å². The molecule has 5 heteroatoms. The van der Waals surface area contributed by atoms with Crippen molar-refractivity contribution in [2.45, 2.75) is 51.9 Å². The minimum absolute atomic E-state index is 0.0737. The van der Waals surface area contributed by atoms with Gasteiger partial charge in [0, 0.05) is 38.0 Å². The number of fused-ring (bicyclic) bond motifs is 1. The Morgan fingerprint density at radius 3 is 2.56 bits per heavy atom. The standard InChI is InChI=1S/C22H32N2O3/c1-4-5-6-7-11-24-13-20-21(14-24)22(20,15-27-17(3)26)18-9-8-10-19(12-18)23-16(2)25/h8-10,12,20-21H,4-7,11,13-15H2,1-3H3,(H,23,25). The number of nitrogens with zero attached hydrogens (tertiary/aromatic N) is 1. The SMILES string of the molecule is CCCCCCN1CC2C(C1)C2(COC(C)=O)c1cccc(NC(C)=O)c1. The maximum Gasteiger partial charge on any atom is 0.302 e. The molecule has 1 aromatic rings. The van der Waals surface area contributed by atoms with E-state index in [1.807, 2.05) is 12.1 Å². The van der Waals surface area contributed by atoms with Gasteiger partial charge in [0.15, 0.2) is 0 Å². The van der Waals surface area contributed by atoms with Crippen molar-refractivity contribution in [2.75, 3.05) is 31.6 Å². The fourth-order valence-corrected chi connectivity index (χ4v) is 4.80. The third-order valence-corrected chi connectivity index (χ3v) is 6.17. The molecule has 0 radical (unpaired) electrons. The molecule has 1 N–H and O–H groups in total. The van der Waals surface area contributed by atoms with E-state index in [2.05, 4.69) is 29.3 Å². The van der Waals surface area contributed by atoms with Gasteiger partial charge in [0.05, 0.1) is 0 Å². The zero-order valence-corrected chi connectivity index (χ0v) is 16.8. The molecule has 27 heavy (non-hydrogen) atoms. The lowest BCUT2D eigenvalue weighted by Gasteiger charge is -2.27. The van der Waals surface area contributed by atoms with Crippen LogP contribution in [0.25, 0.3) is 0 Å². The number of anilines is 1. The van der Waals surface area contributed by atoms with Crippen molar-refractivity contribution in [2.24, 2.45) is 11.8 Å². The van der Waals surface area contributed by atoms with Crippen molar-refractivity contribution < 1.29 is 14.3 Å². The van der Waals surface area contributed by atoms with Crippen LogP contribution in [0.5, 0.6) is 0 Å². The van der Waals surface area contributed by atoms with Crippen LogP contribution in [-0.4, -0.2) is 43.0 Å². The van der Waals surface area contributed by atoms with Gasteiger partial charge in [-0.25, -0.2) is 0 Å². The minimum Gasteiger partial charge on any atom is -0.465 e. The fourth-order valence-electron chi connectivity index (χ4n) is 4.80. The lowest BCUT2D eigenvalue weighted by molar-refractivity contribution is -0.142. The molecule has 1 amide bonds. The number of carbonyl (C=O) groups excluding carboxylic acids is 2. The monoisotopic (exact) mass is 372 g/mol. The molecule has 2 fully saturated rings. The molecule has 1 saturated heterocycles. The van der Waals surface area contributed by atoms with E-state index in [1.54, 1.807) is 0 Å². The number of unbranched alkanes of at least 4 members (excludes halogenated alkanes) is 3. The first-order chi connectivity index (χ1) is 13.0. The summed E-state index contributed by atoms with van der Waals surface area (Å²) in [6.45, 7) is 8.98. The lowest BCUT2D eigenvalue weighted by Crippen LogP contribution is -2.34. The van der Waals surface area contributed by atoms with Crippen LogP contribution in [0.3, 0.4) is 0 Å². The summed E-state index contributed by atoms with van der Waals surface area (Å²) in [5, 5.41) is 2.87. The number of hydrogen-bond donors (Lipinski definition) is 1. The van der Waals surface area contributed by atoms with Gasteiger partial charge >= 0.3 is 5.97 Å². The molecule has 1 aromatic carbocycles. The zero-order valence-electron chi connectivity index (χ0n) is 16.8. The van der Waals surface area contributed by atoms with Crippen molar-refractivity contribution in [3.05, 3.63) is 29.8 Å². The van der Waals surface area contributed by atoms with E-state index in [9.17, 15) is 9.59 Å². The molecule has 2 unspecified atom stereocenters. The molecule has 1 aliphatic carbocycles. The normalized spacial score (nSPS) is 26.5. The summed E-state index contributed by atoms with van der Waals surface area (Å²) in [5.74, 6) is 0.746. The highest BCUT2D eigenvalue weighted by molar-refractivity contribution is 5.88. The number of nitrogens with one attached hydrogen (secondary N) is 1. The fraction of sp³-hybridized carbons (Fsp3) is 0.636. The maximum atomic E-state index is 11.5. The smallest absolute Gasteiger partial charge is 0.302 e. The molecular formula is C22H32N2O3. The highest BCUT2D eigenvalue weighted by Gasteiger charge is 2.69. The Labute approximate surface area is 162 Å². The third-order valence-electron chi connectivity index (χ3n) is 6.17. The second-order valence-electron chi connectivity index (χ2n) is 8.12. The summed E-state index contributed by atoms with van der Waals surface area (Å²) >= 11 is 0. The number of piperidine rings is 1. The second kappa shape index (κ2) is 8.42. The van der Waals surface area contributed by atoms with E-state index in [1.165, 1.54) is 51.6 Å². The largest absolute Gasteiger partial charge is 0.465 e. The van der Waals surface area contributed by atoms with Gasteiger partial charge in [0.25, 0.3) is 0 Å². The van der Waals surface area contributed by atoms with Gasteiger partial charge in [-0.1, -0.05) is 38.3 Å². The summed E-state index contributed by atoms with van der Waals surface area (Å²) < 4.78 is 5.48. The Kier molecular flexibility index (Phi) is 6.20. The van der Waals surface area contributed by atoms with Crippen LogP contribution in [0, 0.1) is 11.8 Å². The Balaban J connectivity index is 1.69. The van der Waals surface area contributed by atoms with Crippen molar-refractivity contribution in [3.63, 3.8) is 0 Å². The van der Waals surface area contributed by atoms with E-state index in [4.69, 9.17) is 4.74 Å². The van der Waals surface area contributed by atoms with Crippen molar-refractivity contribution >= 4 is 17.6 Å². The average molecular weight is 373 g/mol. The molecule has 5 nitrogen and oxygen atoms in total. The van der Waals surface area contributed by atoms with Crippen LogP contribution in [-0.2, 0) is 19.7 Å². The van der Waals surface area contributed by atoms with Crippen LogP contribution >= 0.6 is 0 Å². The summed E-state index contributed by atoms with van der Waals surface area (Å²) in [6, 6.07) is 8.04. The molecule has 2 aliphatic rings. The number of esters is 1. The molecule has 1 aliphatic heterocycles. The van der Waals surface area contributed by atoms with Crippen molar-refractivity contribution in [1.29, 1.82) is 0 Å². The zero-order chi connectivity index (χ0) is 19.4. The van der Waals surface area contributed by atoms with Crippen LogP contribution in [0.4, 0.5) is 5.69 Å². The lowest BCUT2D eigenvalue weighted by atomic mass is 9.90. The van der Waals surface area contributed by atoms with E-state index >= 15 is 0 Å². The number of benzene rings is 1. The number of ether oxygens (including phenoxy) is 1. The van der Waals surface area contributed by atoms with Gasteiger partial charge in [0.2, 0.25) is 5.91 Å². The number of hydrogen-bond acceptors (Lipinski definition) is 4. The van der Waals surface area contributed by atoms with Gasteiger partial charge in [-0.2, -0.15) is 0 Å². The summed E-state index contributed by atoms with van der Waals surface area (Å²) in [7, 11) is 0. The molecule has 148 valence electrons. The maximum absolute atomic E-state index is 11.5. The molecular weight excluding hydrogens is 340 g/mol. The van der Waals surface area contributed by atoms with E-state index in [0.29, 0.717) is 18.4 Å². The predicted molar refractivity (Wildman–Crippen MR) is 107 cm³/mol. The van der Waals surface area contributed by atoms with Gasteiger partial charge in [-0.15, -0.1) is 0 Å². The van der Waals surface area contributed by atoms with Gasteiger partial charge in [-0.05, 0) is 42.5 Å². The number of rotatable bonds is 9. The van der Waals surface area contributed by atoms with Gasteiger partial charge in [0.1, 0.15) is 6.61 Å². The van der Waals surface area contributed by atoms with E-state index < -0.39 is 0 Å². The average Bonchev–Trinajstić information content (AvgIpc) is 2.99. The summed E-state index contributed by atoms with van der Waals surface area (Å²) in [6.07, 6.45) is 5.15. The van der Waals surface area contributed by atoms with E-state index in [0.717, 1.165) is 18.8 Å². The third kappa shape index (κ3) is 4.34. The molecule has 1 heterocycles. The van der Waals surface area contributed by atoms with Crippen LogP contribution in [0.15, 0.2) is 24.3 Å². The molecule has 0 bridgehead atoms. The van der Waals surface area contributed by atoms with Crippen molar-refractivity contribution in [1.82, 2.24) is 4.90 Å². The molecule has 0 aromatic heterocycles. The summed E-state index contributed by atoms with van der Waals surface area (Å²) in [5.41, 5.74) is 1.89. The highest BCUT2D eigenvalue weighted by atomic mass is 16.5. The Bertz CT molecular complexity index is 676. The minimum atomic E-state index is -0.228. The van der Waals surface area contributed by atoms with Gasteiger partial charge in [-0.3, -0.25) is 9.59 Å². The number of amides is 1. The highest BCUT2D eigenvalue weighted by Crippen LogP contribution is 2.63. The first-order valence-corrected chi connectivity index (χ1v) is 10.2. The molecule has 1 saturated carbocycles. The van der Waals surface area contributed by atoms with Gasteiger partial charge < -0.3 is 15.0 Å². The number of likely N-dealkylation sites (tertiary alicyclic amines) is 1. The second-order valence-corrected chi connectivity index (χ2v) is 8.12. The molecule has 2 atom stereocenters. The molecule has 0 spiro atoms. The Morgan fingerprint density at radius 2 is 1.93 bits per heavy atom. The summed E-state index contributed by atoms with van der Waals surface area (Å²) in [4.78, 5) is 25.4. The van der Waals surface area contributed by atoms with E-state index in [-0.39, 0.29) is 17.3 Å². The first-order valence-electron chi connectivity index (χ1n) is 10.2. The van der Waals surface area contributed by atoms with Crippen LogP contribution in [0.2, 0.25) is 0 Å². The van der Waals surface area contributed by atoms with Crippen molar-refractivity contribution in [3.8, 4) is 0 Å².